The van der Waals surface area contributed by atoms with Crippen LogP contribution in [0, 0.1) is 11.6 Å². The molecule has 0 spiro atoms. The number of oxime groups is 1. The van der Waals surface area contributed by atoms with Gasteiger partial charge in [-0.25, -0.2) is 8.78 Å². The Bertz CT molecular complexity index is 677. The van der Waals surface area contributed by atoms with Crippen molar-refractivity contribution in [2.24, 2.45) is 10.9 Å². The fraction of sp³-hybridized carbons (Fsp3) is 0. The predicted octanol–water partition coefficient (Wildman–Crippen LogP) is 3.61. The molecule has 2 aromatic carbocycles. The smallest absolute Gasteiger partial charge is 0.176 e. The van der Waals surface area contributed by atoms with Crippen molar-refractivity contribution in [2.75, 3.05) is 0 Å². The minimum absolute atomic E-state index is 0.0541. The molecule has 0 aliphatic carbocycles. The summed E-state index contributed by atoms with van der Waals surface area (Å²) in [6, 6.07) is 8.03. The van der Waals surface area contributed by atoms with Crippen molar-refractivity contribution >= 4 is 21.8 Å². The Morgan fingerprint density at radius 3 is 2.55 bits per heavy atom. The minimum Gasteiger partial charge on any atom is -0.453 e. The second-order valence-electron chi connectivity index (χ2n) is 3.78. The average Bonchev–Trinajstić information content (AvgIpc) is 2.41. The van der Waals surface area contributed by atoms with Gasteiger partial charge in [-0.15, -0.1) is 0 Å². The van der Waals surface area contributed by atoms with Crippen LogP contribution in [0.15, 0.2) is 46.0 Å². The molecule has 0 unspecified atom stereocenters. The third-order valence-electron chi connectivity index (χ3n) is 2.45. The number of benzene rings is 2. The highest BCUT2D eigenvalue weighted by atomic mass is 79.9. The van der Waals surface area contributed by atoms with Gasteiger partial charge in [0.2, 0.25) is 0 Å². The first-order valence-corrected chi connectivity index (χ1v) is 6.21. The van der Waals surface area contributed by atoms with Gasteiger partial charge < -0.3 is 15.7 Å². The molecule has 0 saturated carbocycles. The fourth-order valence-electron chi connectivity index (χ4n) is 1.56. The van der Waals surface area contributed by atoms with Crippen molar-refractivity contribution in [2.45, 2.75) is 0 Å². The maximum atomic E-state index is 13.7. The SMILES string of the molecule is NC(=NO)c1c(F)cccc1Oc1ccc(Br)cc1F. The van der Waals surface area contributed by atoms with Gasteiger partial charge in [-0.2, -0.15) is 0 Å². The highest BCUT2D eigenvalue weighted by Gasteiger charge is 2.16. The van der Waals surface area contributed by atoms with Crippen LogP contribution < -0.4 is 10.5 Å². The summed E-state index contributed by atoms with van der Waals surface area (Å²) < 4.78 is 33.2. The highest BCUT2D eigenvalue weighted by molar-refractivity contribution is 9.10. The van der Waals surface area contributed by atoms with E-state index in [2.05, 4.69) is 21.1 Å². The van der Waals surface area contributed by atoms with Gasteiger partial charge in [-0.1, -0.05) is 27.2 Å². The molecule has 7 heteroatoms. The van der Waals surface area contributed by atoms with Gasteiger partial charge in [0, 0.05) is 4.47 Å². The third kappa shape index (κ3) is 2.88. The van der Waals surface area contributed by atoms with Gasteiger partial charge in [-0.3, -0.25) is 0 Å². The summed E-state index contributed by atoms with van der Waals surface area (Å²) in [5.41, 5.74) is 5.15. The Morgan fingerprint density at radius 1 is 1.15 bits per heavy atom. The summed E-state index contributed by atoms with van der Waals surface area (Å²) in [5.74, 6) is -1.99. The van der Waals surface area contributed by atoms with E-state index in [-0.39, 0.29) is 17.1 Å². The van der Waals surface area contributed by atoms with Crippen LogP contribution >= 0.6 is 15.9 Å². The number of amidine groups is 1. The summed E-state index contributed by atoms with van der Waals surface area (Å²) in [6.07, 6.45) is 0. The second kappa shape index (κ2) is 5.87. The molecule has 0 aromatic heterocycles. The number of nitrogens with zero attached hydrogens (tertiary/aromatic N) is 1. The highest BCUT2D eigenvalue weighted by Crippen LogP contribution is 2.30. The van der Waals surface area contributed by atoms with E-state index in [1.807, 2.05) is 0 Å². The number of hydrogen-bond acceptors (Lipinski definition) is 3. The van der Waals surface area contributed by atoms with Crippen molar-refractivity contribution in [1.82, 2.24) is 0 Å². The van der Waals surface area contributed by atoms with Gasteiger partial charge in [0.25, 0.3) is 0 Å². The normalized spacial score (nSPS) is 11.4. The zero-order chi connectivity index (χ0) is 14.7. The van der Waals surface area contributed by atoms with Gasteiger partial charge in [0.05, 0.1) is 5.56 Å². The van der Waals surface area contributed by atoms with Crippen molar-refractivity contribution in [1.29, 1.82) is 0 Å². The van der Waals surface area contributed by atoms with E-state index in [4.69, 9.17) is 15.7 Å². The van der Waals surface area contributed by atoms with E-state index in [1.54, 1.807) is 6.07 Å². The lowest BCUT2D eigenvalue weighted by Gasteiger charge is -2.11. The number of halogens is 3. The summed E-state index contributed by atoms with van der Waals surface area (Å²) in [5, 5.41) is 11.4. The molecule has 0 heterocycles. The van der Waals surface area contributed by atoms with Crippen LogP contribution in [0.1, 0.15) is 5.56 Å². The third-order valence-corrected chi connectivity index (χ3v) is 2.95. The standard InChI is InChI=1S/C13H9BrF2N2O2/c14-7-4-5-10(9(16)6-7)20-11-3-1-2-8(15)12(11)13(17)18-19/h1-6,19H,(H2,17,18). The topological polar surface area (TPSA) is 67.8 Å². The molecule has 0 fully saturated rings. The van der Waals surface area contributed by atoms with Crippen molar-refractivity contribution in [3.05, 3.63) is 58.1 Å². The predicted molar refractivity (Wildman–Crippen MR) is 73.1 cm³/mol. The van der Waals surface area contributed by atoms with Gasteiger partial charge in [-0.05, 0) is 30.3 Å². The molecule has 0 radical (unpaired) electrons. The molecule has 0 aliphatic heterocycles. The number of nitrogens with two attached hydrogens (primary N) is 1. The molecule has 0 saturated heterocycles. The van der Waals surface area contributed by atoms with E-state index < -0.39 is 17.5 Å². The molecule has 0 bridgehead atoms. The zero-order valence-electron chi connectivity index (χ0n) is 9.98. The van der Waals surface area contributed by atoms with Crippen molar-refractivity contribution < 1.29 is 18.7 Å². The Labute approximate surface area is 121 Å². The first kappa shape index (κ1) is 14.3. The van der Waals surface area contributed by atoms with Crippen LogP contribution in [0.25, 0.3) is 0 Å². The molecule has 4 nitrogen and oxygen atoms in total. The fourth-order valence-corrected chi connectivity index (χ4v) is 1.90. The maximum absolute atomic E-state index is 13.7. The van der Waals surface area contributed by atoms with E-state index in [1.165, 1.54) is 24.3 Å². The first-order valence-electron chi connectivity index (χ1n) is 5.42. The molecular weight excluding hydrogens is 334 g/mol. The molecule has 20 heavy (non-hydrogen) atoms. The minimum atomic E-state index is -0.740. The lowest BCUT2D eigenvalue weighted by Crippen LogP contribution is -2.16. The molecule has 0 atom stereocenters. The van der Waals surface area contributed by atoms with Crippen LogP contribution in [0.5, 0.6) is 11.5 Å². The first-order chi connectivity index (χ1) is 9.52. The Morgan fingerprint density at radius 2 is 1.90 bits per heavy atom. The Balaban J connectivity index is 2.46. The molecule has 104 valence electrons. The van der Waals surface area contributed by atoms with Crippen LogP contribution in [0.3, 0.4) is 0 Å². The van der Waals surface area contributed by atoms with Crippen LogP contribution in [-0.2, 0) is 0 Å². The summed E-state index contributed by atoms with van der Waals surface area (Å²) in [4.78, 5) is 0. The Kier molecular flexibility index (Phi) is 4.19. The zero-order valence-corrected chi connectivity index (χ0v) is 11.6. The van der Waals surface area contributed by atoms with E-state index >= 15 is 0 Å². The molecule has 0 amide bonds. The lowest BCUT2D eigenvalue weighted by atomic mass is 10.1. The Hall–Kier alpha value is -2.15. The number of hydrogen-bond donors (Lipinski definition) is 2. The monoisotopic (exact) mass is 342 g/mol. The van der Waals surface area contributed by atoms with Crippen molar-refractivity contribution in [3.63, 3.8) is 0 Å². The molecule has 3 N–H and O–H groups in total. The number of ether oxygens (including phenoxy) is 1. The molecule has 2 aromatic rings. The maximum Gasteiger partial charge on any atom is 0.176 e. The van der Waals surface area contributed by atoms with Crippen molar-refractivity contribution in [3.8, 4) is 11.5 Å². The van der Waals surface area contributed by atoms with Gasteiger partial charge in [0.15, 0.2) is 17.4 Å². The van der Waals surface area contributed by atoms with Crippen LogP contribution in [-0.4, -0.2) is 11.0 Å². The molecule has 0 aliphatic rings. The lowest BCUT2D eigenvalue weighted by molar-refractivity contribution is 0.318. The van der Waals surface area contributed by atoms with E-state index in [0.29, 0.717) is 4.47 Å². The largest absolute Gasteiger partial charge is 0.453 e. The molecule has 2 rings (SSSR count). The van der Waals surface area contributed by atoms with Crippen LogP contribution in [0.4, 0.5) is 8.78 Å². The summed E-state index contributed by atoms with van der Waals surface area (Å²) in [7, 11) is 0. The number of rotatable bonds is 3. The van der Waals surface area contributed by atoms with E-state index in [9.17, 15) is 8.78 Å². The van der Waals surface area contributed by atoms with Gasteiger partial charge in [0.1, 0.15) is 11.6 Å². The average molecular weight is 343 g/mol. The molecular formula is C13H9BrF2N2O2. The van der Waals surface area contributed by atoms with E-state index in [0.717, 1.165) is 6.07 Å². The quantitative estimate of drug-likeness (QED) is 0.387. The second-order valence-corrected chi connectivity index (χ2v) is 4.69. The summed E-state index contributed by atoms with van der Waals surface area (Å²) >= 11 is 3.11. The van der Waals surface area contributed by atoms with Crippen LogP contribution in [0.2, 0.25) is 0 Å². The summed E-state index contributed by atoms with van der Waals surface area (Å²) in [6.45, 7) is 0. The van der Waals surface area contributed by atoms with Gasteiger partial charge >= 0.3 is 0 Å².